The minimum atomic E-state index is 0.0283. The van der Waals surface area contributed by atoms with Crippen molar-refractivity contribution >= 4 is 5.82 Å². The van der Waals surface area contributed by atoms with Gasteiger partial charge in [0.25, 0.3) is 0 Å². The minimum Gasteiger partial charge on any atom is -0.356 e. The summed E-state index contributed by atoms with van der Waals surface area (Å²) in [5.74, 6) is 1.02. The highest BCUT2D eigenvalue weighted by Crippen LogP contribution is 2.24. The van der Waals surface area contributed by atoms with Gasteiger partial charge in [0.05, 0.1) is 0 Å². The first-order chi connectivity index (χ1) is 7.61. The maximum Gasteiger partial charge on any atom is 0.133 e. The minimum absolute atomic E-state index is 0.0283. The largest absolute Gasteiger partial charge is 0.356 e. The fourth-order valence-corrected chi connectivity index (χ4v) is 2.07. The lowest BCUT2D eigenvalue weighted by atomic mass is 10.1. The Morgan fingerprint density at radius 2 is 2.00 bits per heavy atom. The van der Waals surface area contributed by atoms with Crippen molar-refractivity contribution in [3.05, 3.63) is 23.9 Å². The topological polar surface area (TPSA) is 42.2 Å². The van der Waals surface area contributed by atoms with Crippen LogP contribution >= 0.6 is 0 Å². The van der Waals surface area contributed by atoms with E-state index in [-0.39, 0.29) is 6.04 Å². The molecule has 0 radical (unpaired) electrons. The molecular weight excluding hydrogens is 198 g/mol. The summed E-state index contributed by atoms with van der Waals surface area (Å²) in [6.07, 6.45) is 4.09. The highest BCUT2D eigenvalue weighted by atomic mass is 15.2. The van der Waals surface area contributed by atoms with E-state index in [1.54, 1.807) is 0 Å². The number of nitrogens with zero attached hydrogens (tertiary/aromatic N) is 2. The smallest absolute Gasteiger partial charge is 0.133 e. The molecule has 0 spiro atoms. The maximum atomic E-state index is 5.97. The van der Waals surface area contributed by atoms with Gasteiger partial charge in [-0.3, -0.25) is 0 Å². The quantitative estimate of drug-likeness (QED) is 0.831. The van der Waals surface area contributed by atoms with Gasteiger partial charge in [0, 0.05) is 30.9 Å². The Morgan fingerprint density at radius 1 is 1.38 bits per heavy atom. The summed E-state index contributed by atoms with van der Waals surface area (Å²) in [6.45, 7) is 6.42. The predicted octanol–water partition coefficient (Wildman–Crippen LogP) is 2.73. The van der Waals surface area contributed by atoms with E-state index < -0.39 is 0 Å². The van der Waals surface area contributed by atoms with Gasteiger partial charge in [-0.05, 0) is 25.8 Å². The zero-order chi connectivity index (χ0) is 12.1. The summed E-state index contributed by atoms with van der Waals surface area (Å²) >= 11 is 0. The summed E-state index contributed by atoms with van der Waals surface area (Å²) in [4.78, 5) is 6.71. The fourth-order valence-electron chi connectivity index (χ4n) is 2.07. The van der Waals surface area contributed by atoms with Crippen molar-refractivity contribution in [1.29, 1.82) is 0 Å². The molecule has 3 nitrogen and oxygen atoms in total. The van der Waals surface area contributed by atoms with Gasteiger partial charge in [0.2, 0.25) is 0 Å². The van der Waals surface area contributed by atoms with Crippen LogP contribution in [0.4, 0.5) is 5.82 Å². The maximum absolute atomic E-state index is 5.97. The van der Waals surface area contributed by atoms with Crippen LogP contribution in [-0.2, 0) is 0 Å². The molecule has 0 aromatic carbocycles. The summed E-state index contributed by atoms with van der Waals surface area (Å²) < 4.78 is 0. The monoisotopic (exact) mass is 221 g/mol. The van der Waals surface area contributed by atoms with Crippen molar-refractivity contribution in [2.45, 2.75) is 45.7 Å². The summed E-state index contributed by atoms with van der Waals surface area (Å²) in [5.41, 5.74) is 7.09. The van der Waals surface area contributed by atoms with E-state index in [1.165, 1.54) is 0 Å². The highest BCUT2D eigenvalue weighted by molar-refractivity contribution is 5.48. The molecule has 0 bridgehead atoms. The van der Waals surface area contributed by atoms with Gasteiger partial charge < -0.3 is 10.6 Å². The molecule has 0 amide bonds. The number of anilines is 1. The van der Waals surface area contributed by atoms with Crippen molar-refractivity contribution in [1.82, 2.24) is 4.98 Å². The molecule has 1 aromatic rings. The molecule has 3 heteroatoms. The van der Waals surface area contributed by atoms with Crippen LogP contribution in [0.1, 0.15) is 45.2 Å². The number of rotatable bonds is 5. The van der Waals surface area contributed by atoms with Crippen LogP contribution in [0.15, 0.2) is 18.3 Å². The van der Waals surface area contributed by atoms with Gasteiger partial charge in [-0.2, -0.15) is 0 Å². The van der Waals surface area contributed by atoms with Gasteiger partial charge in [-0.25, -0.2) is 4.98 Å². The van der Waals surface area contributed by atoms with Crippen molar-refractivity contribution in [3.8, 4) is 0 Å². The second-order valence-corrected chi connectivity index (χ2v) is 4.29. The SMILES string of the molecule is CCC(CC)N(C)c1ncccc1C(C)N. The Bertz CT molecular complexity index is 319. The second-order valence-electron chi connectivity index (χ2n) is 4.29. The third-order valence-electron chi connectivity index (χ3n) is 3.13. The lowest BCUT2D eigenvalue weighted by Crippen LogP contribution is -2.32. The lowest BCUT2D eigenvalue weighted by molar-refractivity contribution is 0.582. The van der Waals surface area contributed by atoms with E-state index in [0.717, 1.165) is 24.2 Å². The van der Waals surface area contributed by atoms with Crippen molar-refractivity contribution in [2.24, 2.45) is 5.73 Å². The molecule has 0 saturated carbocycles. The number of hydrogen-bond donors (Lipinski definition) is 1. The first-order valence-electron chi connectivity index (χ1n) is 6.05. The summed E-state index contributed by atoms with van der Waals surface area (Å²) in [6, 6.07) is 4.57. The first-order valence-corrected chi connectivity index (χ1v) is 6.05. The van der Waals surface area contributed by atoms with E-state index in [0.29, 0.717) is 6.04 Å². The van der Waals surface area contributed by atoms with Gasteiger partial charge in [0.15, 0.2) is 0 Å². The van der Waals surface area contributed by atoms with Crippen LogP contribution in [-0.4, -0.2) is 18.1 Å². The Labute approximate surface area is 98.7 Å². The van der Waals surface area contributed by atoms with E-state index >= 15 is 0 Å². The average molecular weight is 221 g/mol. The molecule has 0 aliphatic rings. The van der Waals surface area contributed by atoms with Crippen LogP contribution in [0, 0.1) is 0 Å². The van der Waals surface area contributed by atoms with Crippen LogP contribution in [0.5, 0.6) is 0 Å². The summed E-state index contributed by atoms with van der Waals surface area (Å²) in [7, 11) is 2.10. The van der Waals surface area contributed by atoms with Gasteiger partial charge in [-0.1, -0.05) is 19.9 Å². The number of aromatic nitrogens is 1. The molecule has 1 heterocycles. The number of nitrogens with two attached hydrogens (primary N) is 1. The van der Waals surface area contributed by atoms with Crippen LogP contribution in [0.3, 0.4) is 0 Å². The van der Waals surface area contributed by atoms with Crippen molar-refractivity contribution in [2.75, 3.05) is 11.9 Å². The fraction of sp³-hybridized carbons (Fsp3) is 0.615. The molecular formula is C13H23N3. The zero-order valence-corrected chi connectivity index (χ0v) is 10.8. The van der Waals surface area contributed by atoms with Gasteiger partial charge in [0.1, 0.15) is 5.82 Å². The van der Waals surface area contributed by atoms with Crippen molar-refractivity contribution < 1.29 is 0 Å². The number of pyridine rings is 1. The van der Waals surface area contributed by atoms with Crippen LogP contribution in [0.2, 0.25) is 0 Å². The Morgan fingerprint density at radius 3 is 2.50 bits per heavy atom. The molecule has 0 aliphatic heterocycles. The molecule has 1 rings (SSSR count). The molecule has 1 atom stereocenters. The third-order valence-corrected chi connectivity index (χ3v) is 3.13. The standard InChI is InChI=1S/C13H23N3/c1-5-11(6-2)16(4)13-12(10(3)14)8-7-9-15-13/h7-11H,5-6,14H2,1-4H3. The lowest BCUT2D eigenvalue weighted by Gasteiger charge is -2.29. The van der Waals surface area contributed by atoms with Crippen molar-refractivity contribution in [3.63, 3.8) is 0 Å². The van der Waals surface area contributed by atoms with Crippen LogP contribution < -0.4 is 10.6 Å². The molecule has 1 aromatic heterocycles. The van der Waals surface area contributed by atoms with E-state index in [1.807, 2.05) is 19.2 Å². The average Bonchev–Trinajstić information content (AvgIpc) is 2.30. The van der Waals surface area contributed by atoms with E-state index in [4.69, 9.17) is 5.73 Å². The Kier molecular flexibility index (Phi) is 4.74. The van der Waals surface area contributed by atoms with E-state index in [9.17, 15) is 0 Å². The normalized spacial score (nSPS) is 12.9. The molecule has 0 fully saturated rings. The molecule has 0 aliphatic carbocycles. The molecule has 16 heavy (non-hydrogen) atoms. The predicted molar refractivity (Wildman–Crippen MR) is 69.6 cm³/mol. The van der Waals surface area contributed by atoms with Crippen LogP contribution in [0.25, 0.3) is 0 Å². The molecule has 2 N–H and O–H groups in total. The Balaban J connectivity index is 3.02. The number of hydrogen-bond acceptors (Lipinski definition) is 3. The van der Waals surface area contributed by atoms with Gasteiger partial charge in [-0.15, -0.1) is 0 Å². The highest BCUT2D eigenvalue weighted by Gasteiger charge is 2.16. The second kappa shape index (κ2) is 5.85. The Hall–Kier alpha value is -1.09. The third kappa shape index (κ3) is 2.73. The molecule has 0 saturated heterocycles. The zero-order valence-electron chi connectivity index (χ0n) is 10.8. The van der Waals surface area contributed by atoms with Gasteiger partial charge >= 0.3 is 0 Å². The summed E-state index contributed by atoms with van der Waals surface area (Å²) in [5, 5.41) is 0. The molecule has 1 unspecified atom stereocenters. The van der Waals surface area contributed by atoms with E-state index in [2.05, 4.69) is 36.8 Å². The first kappa shape index (κ1) is 13.0. The molecule has 90 valence electrons.